The smallest absolute Gasteiger partial charge is 0.234 e. The van der Waals surface area contributed by atoms with Gasteiger partial charge in [0.05, 0.1) is 11.6 Å². The van der Waals surface area contributed by atoms with Gasteiger partial charge in [-0.3, -0.25) is 4.79 Å². The minimum atomic E-state index is -0.296. The van der Waals surface area contributed by atoms with Gasteiger partial charge in [0.2, 0.25) is 5.91 Å². The molecule has 4 aromatic rings. The number of rotatable bonds is 5. The first-order valence-corrected chi connectivity index (χ1v) is 11.2. The molecule has 166 valence electrons. The fourth-order valence-corrected chi connectivity index (χ4v) is 4.26. The molecule has 0 aliphatic carbocycles. The molecule has 2 aromatic carbocycles. The van der Waals surface area contributed by atoms with E-state index in [9.17, 15) is 4.79 Å². The molecule has 3 heterocycles. The average Bonchev–Trinajstić information content (AvgIpc) is 3.32. The summed E-state index contributed by atoms with van der Waals surface area (Å²) in [6, 6.07) is 25.9. The zero-order valence-electron chi connectivity index (χ0n) is 18.6. The Balaban J connectivity index is 1.28. The summed E-state index contributed by atoms with van der Waals surface area (Å²) in [5.74, 6) is 1.35. The molecule has 0 N–H and O–H groups in total. The molecule has 0 saturated carbocycles. The van der Waals surface area contributed by atoms with Crippen LogP contribution in [0.25, 0.3) is 5.82 Å². The van der Waals surface area contributed by atoms with Crippen molar-refractivity contribution < 1.29 is 4.79 Å². The molecule has 5 rings (SSSR count). The predicted molar refractivity (Wildman–Crippen MR) is 127 cm³/mol. The van der Waals surface area contributed by atoms with Crippen LogP contribution in [-0.2, 0) is 4.79 Å². The van der Waals surface area contributed by atoms with Crippen molar-refractivity contribution in [1.29, 1.82) is 0 Å². The minimum Gasteiger partial charge on any atom is -0.352 e. The van der Waals surface area contributed by atoms with E-state index in [0.717, 1.165) is 35.7 Å². The van der Waals surface area contributed by atoms with Crippen molar-refractivity contribution in [3.8, 4) is 5.82 Å². The molecule has 1 amide bonds. The molecule has 7 heteroatoms. The maximum atomic E-state index is 13.6. The Kier molecular flexibility index (Phi) is 5.85. The van der Waals surface area contributed by atoms with Gasteiger partial charge in [0.1, 0.15) is 0 Å². The zero-order chi connectivity index (χ0) is 22.6. The highest BCUT2D eigenvalue weighted by Crippen LogP contribution is 2.27. The average molecular weight is 439 g/mol. The summed E-state index contributed by atoms with van der Waals surface area (Å²) < 4.78 is 1.72. The van der Waals surface area contributed by atoms with Crippen LogP contribution in [0.4, 0.5) is 5.82 Å². The van der Waals surface area contributed by atoms with E-state index in [1.54, 1.807) is 4.68 Å². The van der Waals surface area contributed by atoms with Gasteiger partial charge in [-0.1, -0.05) is 60.7 Å². The monoisotopic (exact) mass is 438 g/mol. The third-order valence-corrected chi connectivity index (χ3v) is 6.02. The first kappa shape index (κ1) is 20.9. The van der Waals surface area contributed by atoms with Crippen LogP contribution in [0.3, 0.4) is 0 Å². The van der Waals surface area contributed by atoms with Crippen LogP contribution in [0.2, 0.25) is 0 Å². The standard InChI is InChI=1S/C26H26N6O/c1-20-14-15-32(29-20)24-13-12-23(27-28-24)30-16-18-31(19-17-30)26(33)25(21-8-4-2-5-9-21)22-10-6-3-7-11-22/h2-15,25H,16-19H2,1H3. The van der Waals surface area contributed by atoms with Crippen LogP contribution in [0.15, 0.2) is 85.1 Å². The van der Waals surface area contributed by atoms with Gasteiger partial charge >= 0.3 is 0 Å². The number of nitrogens with zero attached hydrogens (tertiary/aromatic N) is 6. The van der Waals surface area contributed by atoms with Crippen LogP contribution in [0.5, 0.6) is 0 Å². The summed E-state index contributed by atoms with van der Waals surface area (Å²) in [4.78, 5) is 17.8. The number of aromatic nitrogens is 4. The number of piperazine rings is 1. The van der Waals surface area contributed by atoms with Gasteiger partial charge in [-0.25, -0.2) is 4.68 Å². The van der Waals surface area contributed by atoms with Crippen molar-refractivity contribution >= 4 is 11.7 Å². The number of aryl methyl sites for hydroxylation is 1. The molecule has 1 aliphatic heterocycles. The van der Waals surface area contributed by atoms with Crippen LogP contribution in [-0.4, -0.2) is 57.0 Å². The van der Waals surface area contributed by atoms with Gasteiger partial charge in [-0.2, -0.15) is 5.10 Å². The minimum absolute atomic E-state index is 0.141. The van der Waals surface area contributed by atoms with Gasteiger partial charge in [0.15, 0.2) is 11.6 Å². The van der Waals surface area contributed by atoms with E-state index < -0.39 is 0 Å². The van der Waals surface area contributed by atoms with E-state index in [0.29, 0.717) is 18.9 Å². The molecule has 0 bridgehead atoms. The second-order valence-corrected chi connectivity index (χ2v) is 8.22. The van der Waals surface area contributed by atoms with Crippen molar-refractivity contribution in [3.05, 3.63) is 102 Å². The molecule has 7 nitrogen and oxygen atoms in total. The molecule has 0 unspecified atom stereocenters. The molecule has 1 aliphatic rings. The lowest BCUT2D eigenvalue weighted by Gasteiger charge is -2.37. The van der Waals surface area contributed by atoms with Crippen molar-refractivity contribution in [2.75, 3.05) is 31.1 Å². The van der Waals surface area contributed by atoms with Crippen molar-refractivity contribution in [1.82, 2.24) is 24.9 Å². The molecule has 0 radical (unpaired) electrons. The maximum absolute atomic E-state index is 13.6. The molecule has 2 aromatic heterocycles. The second kappa shape index (κ2) is 9.24. The van der Waals surface area contributed by atoms with Crippen LogP contribution < -0.4 is 4.90 Å². The first-order chi connectivity index (χ1) is 16.2. The quantitative estimate of drug-likeness (QED) is 0.477. The number of benzene rings is 2. The highest BCUT2D eigenvalue weighted by molar-refractivity contribution is 5.87. The lowest BCUT2D eigenvalue weighted by atomic mass is 9.90. The number of hydrogen-bond acceptors (Lipinski definition) is 5. The first-order valence-electron chi connectivity index (χ1n) is 11.2. The van der Waals surface area contributed by atoms with Crippen LogP contribution in [0.1, 0.15) is 22.7 Å². The lowest BCUT2D eigenvalue weighted by Crippen LogP contribution is -2.50. The maximum Gasteiger partial charge on any atom is 0.234 e. The number of carbonyl (C=O) groups is 1. The van der Waals surface area contributed by atoms with Gasteiger partial charge in [-0.15, -0.1) is 10.2 Å². The number of carbonyl (C=O) groups excluding carboxylic acids is 1. The Bertz CT molecular complexity index is 1160. The van der Waals surface area contributed by atoms with Gasteiger partial charge < -0.3 is 9.80 Å². The Hall–Kier alpha value is -4.00. The Labute approximate surface area is 193 Å². The summed E-state index contributed by atoms with van der Waals surface area (Å²) in [6.45, 7) is 4.68. The van der Waals surface area contributed by atoms with Crippen molar-refractivity contribution in [2.24, 2.45) is 0 Å². The molecule has 0 spiro atoms. The highest BCUT2D eigenvalue weighted by atomic mass is 16.2. The van der Waals surface area contributed by atoms with E-state index in [-0.39, 0.29) is 11.8 Å². The summed E-state index contributed by atoms with van der Waals surface area (Å²) in [6.07, 6.45) is 1.87. The lowest BCUT2D eigenvalue weighted by molar-refractivity contribution is -0.132. The largest absolute Gasteiger partial charge is 0.352 e. The molecular weight excluding hydrogens is 412 g/mol. The summed E-state index contributed by atoms with van der Waals surface area (Å²) in [5.41, 5.74) is 2.98. The Morgan fingerprint density at radius 3 is 1.85 bits per heavy atom. The predicted octanol–water partition coefficient (Wildman–Crippen LogP) is 3.45. The molecule has 0 atom stereocenters. The van der Waals surface area contributed by atoms with Crippen molar-refractivity contribution in [2.45, 2.75) is 12.8 Å². The van der Waals surface area contributed by atoms with Crippen LogP contribution in [0, 0.1) is 6.92 Å². The third kappa shape index (κ3) is 4.48. The summed E-state index contributed by atoms with van der Waals surface area (Å²) in [7, 11) is 0. The number of amides is 1. The normalized spacial score (nSPS) is 14.0. The third-order valence-electron chi connectivity index (χ3n) is 6.02. The molecule has 1 fully saturated rings. The fraction of sp³-hybridized carbons (Fsp3) is 0.231. The zero-order valence-corrected chi connectivity index (χ0v) is 18.6. The number of anilines is 1. The van der Waals surface area contributed by atoms with Gasteiger partial charge in [0, 0.05) is 32.4 Å². The van der Waals surface area contributed by atoms with Gasteiger partial charge in [0.25, 0.3) is 0 Å². The van der Waals surface area contributed by atoms with Crippen LogP contribution >= 0.6 is 0 Å². The van der Waals surface area contributed by atoms with E-state index in [1.165, 1.54) is 0 Å². The summed E-state index contributed by atoms with van der Waals surface area (Å²) >= 11 is 0. The van der Waals surface area contributed by atoms with E-state index in [2.05, 4.69) is 20.2 Å². The second-order valence-electron chi connectivity index (χ2n) is 8.22. The van der Waals surface area contributed by atoms with Crippen molar-refractivity contribution in [3.63, 3.8) is 0 Å². The SMILES string of the molecule is Cc1ccn(-c2ccc(N3CCN(C(=O)C(c4ccccc4)c4ccccc4)CC3)nn2)n1. The molecule has 1 saturated heterocycles. The fourth-order valence-electron chi connectivity index (χ4n) is 4.26. The van der Waals surface area contributed by atoms with E-state index in [1.807, 2.05) is 96.9 Å². The highest BCUT2D eigenvalue weighted by Gasteiger charge is 2.30. The summed E-state index contributed by atoms with van der Waals surface area (Å²) in [5, 5.41) is 13.1. The molecular formula is C26H26N6O. The number of hydrogen-bond donors (Lipinski definition) is 0. The van der Waals surface area contributed by atoms with E-state index in [4.69, 9.17) is 0 Å². The van der Waals surface area contributed by atoms with Gasteiger partial charge in [-0.05, 0) is 36.2 Å². The Morgan fingerprint density at radius 2 is 1.33 bits per heavy atom. The van der Waals surface area contributed by atoms with E-state index >= 15 is 0 Å². The topological polar surface area (TPSA) is 67.2 Å². The Morgan fingerprint density at radius 1 is 0.758 bits per heavy atom. The molecule has 33 heavy (non-hydrogen) atoms.